The van der Waals surface area contributed by atoms with E-state index in [1.165, 1.54) is 28.7 Å². The second-order valence-electron chi connectivity index (χ2n) is 19.4. The lowest BCUT2D eigenvalue weighted by molar-refractivity contribution is -0.384. The van der Waals surface area contributed by atoms with Gasteiger partial charge in [-0.1, -0.05) is 60.7 Å². The molecule has 15 aromatic rings. The molecule has 0 saturated heterocycles. The van der Waals surface area contributed by atoms with Gasteiger partial charge in [-0.15, -0.1) is 10.2 Å². The maximum Gasteiger partial charge on any atom is 0.271 e. The fourth-order valence-electron chi connectivity index (χ4n) is 10.9. The molecule has 80 heavy (non-hydrogen) atoms. The number of H-pyrrole nitrogens is 1. The van der Waals surface area contributed by atoms with Crippen molar-refractivity contribution in [3.8, 4) is 51.3 Å². The number of hydrogen-bond acceptors (Lipinski definition) is 14. The molecule has 0 aliphatic heterocycles. The van der Waals surface area contributed by atoms with E-state index in [2.05, 4.69) is 30.4 Å². The van der Waals surface area contributed by atoms with Crippen LogP contribution in [0.5, 0.6) is 11.5 Å². The molecule has 6 aromatic heterocycles. The number of benzene rings is 9. The number of rotatable bonds is 9. The Morgan fingerprint density at radius 1 is 0.550 bits per heavy atom. The number of azo groups is 2. The first-order chi connectivity index (χ1) is 39.0. The van der Waals surface area contributed by atoms with Crippen LogP contribution in [-0.2, 0) is 0 Å². The van der Waals surface area contributed by atoms with E-state index in [9.17, 15) is 29.9 Å². The van der Waals surface area contributed by atoms with Crippen LogP contribution in [0.25, 0.3) is 116 Å². The largest absolute Gasteiger partial charge is 0.505 e. The number of imidazole rings is 4. The third-order valence-electron chi connectivity index (χ3n) is 14.7. The molecule has 19 nitrogen and oxygen atoms in total. The molecule has 0 amide bonds. The normalized spacial score (nSPS) is 12.3. The number of aromatic amines is 1. The zero-order valence-electron chi connectivity index (χ0n) is 41.6. The van der Waals surface area contributed by atoms with Gasteiger partial charge in [0.05, 0.1) is 72.9 Å². The molecular weight excluding hydrogens is 1010 g/mol. The minimum atomic E-state index is -0.511. The summed E-state index contributed by atoms with van der Waals surface area (Å²) in [5.41, 5.74) is 8.28. The lowest BCUT2D eigenvalue weighted by atomic mass is 10.0. The highest BCUT2D eigenvalue weighted by atomic mass is 16.6. The zero-order chi connectivity index (χ0) is 54.1. The minimum Gasteiger partial charge on any atom is -0.505 e. The average Bonchev–Trinajstić information content (AvgIpc) is 4.25. The van der Waals surface area contributed by atoms with Gasteiger partial charge in [-0.05, 0) is 103 Å². The van der Waals surface area contributed by atoms with Crippen LogP contribution in [0, 0.1) is 17.0 Å². The summed E-state index contributed by atoms with van der Waals surface area (Å²) in [5, 5.41) is 56.3. The monoisotopic (exact) mass is 1050 g/mol. The van der Waals surface area contributed by atoms with E-state index in [0.717, 1.165) is 33.5 Å². The molecule has 3 N–H and O–H groups in total. The molecule has 0 unspecified atom stereocenters. The van der Waals surface area contributed by atoms with Gasteiger partial charge in [-0.3, -0.25) is 33.1 Å². The molecule has 0 fully saturated rings. The molecule has 0 aliphatic carbocycles. The van der Waals surface area contributed by atoms with Gasteiger partial charge in [-0.25, -0.2) is 19.9 Å². The SMILES string of the molecule is Cc1ccc2c(c1)nc1c3cccc4c(O)c(/N=N/c5ccc(-c6ncc(-c7cnc(-c8ccc(/N=N/c9cc%10c(=O)n%11c%12ccc([N+](=O)[O-])cc%12nc%11c%11cccc(c9O)c%10%11)cc8)n7-c7ccccc7)[nH]6)cc5)cc(c(=O)n21)c43. The second-order valence-corrected chi connectivity index (χ2v) is 19.4. The molecule has 0 radical (unpaired) electrons. The summed E-state index contributed by atoms with van der Waals surface area (Å²) in [6.45, 7) is 1.98. The third-order valence-corrected chi connectivity index (χ3v) is 14.7. The van der Waals surface area contributed by atoms with Crippen LogP contribution >= 0.6 is 0 Å². The van der Waals surface area contributed by atoms with Crippen molar-refractivity contribution in [2.45, 2.75) is 6.92 Å². The van der Waals surface area contributed by atoms with E-state index in [1.807, 2.05) is 96.4 Å². The van der Waals surface area contributed by atoms with Gasteiger partial charge in [0, 0.05) is 61.3 Å². The number of non-ortho nitro benzene ring substituents is 1. The van der Waals surface area contributed by atoms with Gasteiger partial charge >= 0.3 is 0 Å². The van der Waals surface area contributed by atoms with E-state index in [-0.39, 0.29) is 39.5 Å². The van der Waals surface area contributed by atoms with E-state index in [0.29, 0.717) is 94.4 Å². The number of nitrogens with one attached hydrogen (secondary N) is 1. The Hall–Kier alpha value is -11.6. The number of phenolic OH excluding ortho intramolecular Hbond substituents is 2. The van der Waals surface area contributed by atoms with Crippen molar-refractivity contribution in [2.24, 2.45) is 20.5 Å². The van der Waals surface area contributed by atoms with Crippen molar-refractivity contribution in [1.29, 1.82) is 0 Å². The van der Waals surface area contributed by atoms with Crippen LogP contribution in [0.2, 0.25) is 0 Å². The Labute approximate surface area is 447 Å². The van der Waals surface area contributed by atoms with E-state index >= 15 is 0 Å². The first kappa shape index (κ1) is 45.8. The molecule has 15 rings (SSSR count). The molecule has 0 atom stereocenters. The maximum atomic E-state index is 14.2. The Bertz CT molecular complexity index is 5300. The molecule has 9 aromatic carbocycles. The molecular formula is C61H35N13O6. The number of phenols is 2. The standard InChI is InChI=1S/C61H35N13O6/c1-31-13-23-49-44(25-31)65-58-40-11-5-9-38-52(40)42(60(77)72(49)58)27-46(54(38)75)69-67-34-18-14-32(15-19-34)56-62-29-48(64-56)51-30-63-57(71(51)36-7-3-2-4-8-36)33-16-20-35(21-17-33)68-70-47-28-43-53-39(55(47)76)10-6-12-41(53)59-66-45-26-37(74(79)80)22-24-50(45)73(59)61(43)78/h2-30,75-76H,1H3,(H,62,64)/b69-67+,70-68+. The lowest BCUT2D eigenvalue weighted by Gasteiger charge is -2.12. The van der Waals surface area contributed by atoms with Crippen LogP contribution in [0.3, 0.4) is 0 Å². The van der Waals surface area contributed by atoms with Crippen molar-refractivity contribution in [3.05, 3.63) is 213 Å². The topological polar surface area (TPSA) is 248 Å². The average molecular weight is 1050 g/mol. The summed E-state index contributed by atoms with van der Waals surface area (Å²) in [7, 11) is 0. The first-order valence-corrected chi connectivity index (χ1v) is 25.1. The fraction of sp³-hybridized carbons (Fsp3) is 0.0164. The Morgan fingerprint density at radius 2 is 1.10 bits per heavy atom. The number of aromatic nitrogens is 8. The molecule has 19 heteroatoms. The van der Waals surface area contributed by atoms with Gasteiger partial charge < -0.3 is 15.2 Å². The summed E-state index contributed by atoms with van der Waals surface area (Å²) in [6, 6.07) is 48.2. The van der Waals surface area contributed by atoms with Crippen LogP contribution in [0.1, 0.15) is 5.56 Å². The predicted octanol–water partition coefficient (Wildman–Crippen LogP) is 13.9. The minimum absolute atomic E-state index is 0.0787. The molecule has 380 valence electrons. The molecule has 0 aliphatic rings. The zero-order valence-corrected chi connectivity index (χ0v) is 41.6. The van der Waals surface area contributed by atoms with Gasteiger partial charge in [0.25, 0.3) is 16.8 Å². The molecule has 0 saturated carbocycles. The highest BCUT2D eigenvalue weighted by Crippen LogP contribution is 2.44. The van der Waals surface area contributed by atoms with E-state index < -0.39 is 10.5 Å². The van der Waals surface area contributed by atoms with Gasteiger partial charge in [0.2, 0.25) is 0 Å². The smallest absolute Gasteiger partial charge is 0.271 e. The van der Waals surface area contributed by atoms with Crippen LogP contribution in [-0.4, -0.2) is 53.4 Å². The first-order valence-electron chi connectivity index (χ1n) is 25.1. The van der Waals surface area contributed by atoms with Crippen LogP contribution < -0.4 is 11.1 Å². The van der Waals surface area contributed by atoms with Crippen molar-refractivity contribution in [3.63, 3.8) is 0 Å². The number of aromatic hydroxyl groups is 2. The van der Waals surface area contributed by atoms with Gasteiger partial charge in [0.1, 0.15) is 34.3 Å². The Morgan fingerprint density at radius 3 is 1.69 bits per heavy atom. The number of nitro groups is 1. The maximum absolute atomic E-state index is 14.2. The van der Waals surface area contributed by atoms with Crippen molar-refractivity contribution >= 4 is 105 Å². The number of fused-ring (bicyclic) bond motifs is 8. The number of aryl methyl sites for hydroxylation is 1. The molecule has 0 bridgehead atoms. The molecule has 6 heterocycles. The third kappa shape index (κ3) is 6.93. The summed E-state index contributed by atoms with van der Waals surface area (Å²) in [5.74, 6) is 0.986. The van der Waals surface area contributed by atoms with Gasteiger partial charge in [0.15, 0.2) is 11.5 Å². The highest BCUT2D eigenvalue weighted by Gasteiger charge is 2.24. The van der Waals surface area contributed by atoms with Crippen molar-refractivity contribution in [2.75, 3.05) is 0 Å². The summed E-state index contributed by atoms with van der Waals surface area (Å²) in [4.78, 5) is 61.8. The highest BCUT2D eigenvalue weighted by molar-refractivity contribution is 6.20. The number of nitrogens with zero attached hydrogens (tertiary/aromatic N) is 12. The lowest BCUT2D eigenvalue weighted by Crippen LogP contribution is -2.13. The number of hydrogen-bond donors (Lipinski definition) is 3. The molecule has 0 spiro atoms. The van der Waals surface area contributed by atoms with Crippen LogP contribution in [0.4, 0.5) is 28.4 Å². The van der Waals surface area contributed by atoms with Crippen molar-refractivity contribution in [1.82, 2.24) is 38.3 Å². The van der Waals surface area contributed by atoms with Crippen LogP contribution in [0.15, 0.2) is 206 Å². The quantitative estimate of drug-likeness (QED) is 0.0700. The summed E-state index contributed by atoms with van der Waals surface area (Å²) >= 11 is 0. The number of para-hydroxylation sites is 1. The van der Waals surface area contributed by atoms with E-state index in [1.54, 1.807) is 71.4 Å². The fourth-order valence-corrected chi connectivity index (χ4v) is 10.9. The summed E-state index contributed by atoms with van der Waals surface area (Å²) in [6.07, 6.45) is 3.53. The van der Waals surface area contributed by atoms with E-state index in [4.69, 9.17) is 15.0 Å². The second kappa shape index (κ2) is 17.2. The predicted molar refractivity (Wildman–Crippen MR) is 305 cm³/mol. The number of nitro benzene ring substituents is 1. The Balaban J connectivity index is 0.712. The Kier molecular flexibility index (Phi) is 9.85. The van der Waals surface area contributed by atoms with Crippen molar-refractivity contribution < 1.29 is 15.1 Å². The summed E-state index contributed by atoms with van der Waals surface area (Å²) < 4.78 is 5.07. The number of pyridine rings is 2. The van der Waals surface area contributed by atoms with Gasteiger partial charge in [-0.2, -0.15) is 10.2 Å².